The molecule has 0 spiro atoms. The Kier molecular flexibility index (Phi) is 1.92. The van der Waals surface area contributed by atoms with E-state index in [-0.39, 0.29) is 10.6 Å². The fourth-order valence-electron chi connectivity index (χ4n) is 0.635. The molecule has 2 nitrogen and oxygen atoms in total. The van der Waals surface area contributed by atoms with Crippen LogP contribution in [-0.2, 0) is 0 Å². The first kappa shape index (κ1) is 7.09. The van der Waals surface area contributed by atoms with Gasteiger partial charge in [-0.05, 0) is 12.1 Å². The van der Waals surface area contributed by atoms with Crippen molar-refractivity contribution >= 4 is 17.6 Å². The second-order valence-electron chi connectivity index (χ2n) is 1.78. The summed E-state index contributed by atoms with van der Waals surface area (Å²) < 4.78 is 0. The normalized spacial score (nSPS) is 9.30. The molecule has 0 fully saturated rings. The zero-order valence-corrected chi connectivity index (χ0v) is 5.80. The third-order valence-corrected chi connectivity index (χ3v) is 1.43. The van der Waals surface area contributed by atoms with Crippen molar-refractivity contribution in [2.75, 3.05) is 0 Å². The van der Waals surface area contributed by atoms with Gasteiger partial charge in [0.1, 0.15) is 0 Å². The maximum absolute atomic E-state index is 10.3. The summed E-state index contributed by atoms with van der Waals surface area (Å²) in [4.78, 5) is 10.3. The third-order valence-electron chi connectivity index (χ3n) is 1.10. The van der Waals surface area contributed by atoms with Crippen molar-refractivity contribution < 1.29 is 9.90 Å². The van der Waals surface area contributed by atoms with Gasteiger partial charge in [-0.25, -0.2) is 4.79 Å². The van der Waals surface area contributed by atoms with Crippen LogP contribution in [0.25, 0.3) is 0 Å². The lowest BCUT2D eigenvalue weighted by Crippen LogP contribution is -1.95. The van der Waals surface area contributed by atoms with Gasteiger partial charge in [0.15, 0.2) is 0 Å². The molecule has 3 heteroatoms. The number of hydrogen-bond donors (Lipinski definition) is 1. The highest BCUT2D eigenvalue weighted by Crippen LogP contribution is 2.13. The van der Waals surface area contributed by atoms with Gasteiger partial charge in [-0.15, -0.1) is 0 Å². The quantitative estimate of drug-likeness (QED) is 0.679. The first-order chi connectivity index (χ1) is 4.72. The average Bonchev–Trinajstić information content (AvgIpc) is 1.88. The number of benzene rings is 1. The Hall–Kier alpha value is -1.02. The minimum atomic E-state index is -0.995. The molecule has 0 heterocycles. The molecular formula is C7H5ClO2. The van der Waals surface area contributed by atoms with Crippen LogP contribution >= 0.6 is 11.6 Å². The van der Waals surface area contributed by atoms with Crippen molar-refractivity contribution in [1.82, 2.24) is 0 Å². The first-order valence-corrected chi connectivity index (χ1v) is 3.07. The second-order valence-corrected chi connectivity index (χ2v) is 2.19. The van der Waals surface area contributed by atoms with E-state index in [1.54, 1.807) is 18.2 Å². The van der Waals surface area contributed by atoms with Crippen LogP contribution in [0.3, 0.4) is 0 Å². The molecule has 0 radical (unpaired) electrons. The number of carboxylic acid groups (broad SMARTS) is 1. The van der Waals surface area contributed by atoms with E-state index in [4.69, 9.17) is 16.7 Å². The largest absolute Gasteiger partial charge is 0.478 e. The van der Waals surface area contributed by atoms with Gasteiger partial charge in [-0.2, -0.15) is 0 Å². The summed E-state index contributed by atoms with van der Waals surface area (Å²) >= 11 is 5.54. The maximum atomic E-state index is 10.3. The number of aromatic carboxylic acids is 1. The van der Waals surface area contributed by atoms with E-state index in [1.807, 2.05) is 0 Å². The predicted octanol–water partition coefficient (Wildman–Crippen LogP) is 2.04. The van der Waals surface area contributed by atoms with Crippen LogP contribution in [0, 0.1) is 0 Å². The molecule has 0 saturated heterocycles. The van der Waals surface area contributed by atoms with E-state index in [0.29, 0.717) is 0 Å². The highest BCUT2D eigenvalue weighted by atomic mass is 35.5. The molecule has 0 saturated carbocycles. The summed E-state index contributed by atoms with van der Waals surface area (Å²) in [6, 6.07) is 6.33. The van der Waals surface area contributed by atoms with E-state index >= 15 is 0 Å². The lowest BCUT2D eigenvalue weighted by atomic mass is 10.3. The van der Waals surface area contributed by atoms with Crippen molar-refractivity contribution in [1.29, 1.82) is 0 Å². The zero-order valence-electron chi connectivity index (χ0n) is 5.04. The maximum Gasteiger partial charge on any atom is 0.337 e. The number of carbonyl (C=O) groups is 1. The topological polar surface area (TPSA) is 37.3 Å². The molecular weight excluding hydrogens is 154 g/mol. The second kappa shape index (κ2) is 2.71. The van der Waals surface area contributed by atoms with E-state index in [9.17, 15) is 4.79 Å². The molecule has 1 aromatic rings. The Labute approximate surface area is 63.1 Å². The molecule has 0 atom stereocenters. The SMILES string of the molecule is O=[14C](O)c1ccccc1Cl. The van der Waals surface area contributed by atoms with Crippen molar-refractivity contribution in [3.63, 3.8) is 0 Å². The Balaban J connectivity index is 3.15. The highest BCUT2D eigenvalue weighted by molar-refractivity contribution is 6.33. The van der Waals surface area contributed by atoms with Crippen LogP contribution in [-0.4, -0.2) is 11.1 Å². The molecule has 0 aliphatic heterocycles. The molecule has 0 aliphatic carbocycles. The zero-order chi connectivity index (χ0) is 7.56. The number of hydrogen-bond acceptors (Lipinski definition) is 1. The summed E-state index contributed by atoms with van der Waals surface area (Å²) in [6.07, 6.45) is 0. The standard InChI is InChI=1S/C7H5ClO2/c8-6-4-2-1-3-5(6)7(9)10/h1-4H,(H,9,10)/i7+2. The van der Waals surface area contributed by atoms with Gasteiger partial charge in [-0.1, -0.05) is 23.7 Å². The molecule has 0 unspecified atom stereocenters. The molecule has 1 N–H and O–H groups in total. The summed E-state index contributed by atoms with van der Waals surface area (Å²) in [5.41, 5.74) is 0.143. The number of rotatable bonds is 1. The molecule has 10 heavy (non-hydrogen) atoms. The fraction of sp³-hybridized carbons (Fsp3) is 0. The molecule has 0 aliphatic rings. The lowest BCUT2D eigenvalue weighted by Gasteiger charge is -1.94. The Morgan fingerprint density at radius 3 is 2.40 bits per heavy atom. The predicted molar refractivity (Wildman–Crippen MR) is 38.4 cm³/mol. The minimum Gasteiger partial charge on any atom is -0.478 e. The van der Waals surface area contributed by atoms with Gasteiger partial charge in [0, 0.05) is 0 Å². The van der Waals surface area contributed by atoms with E-state index < -0.39 is 5.97 Å². The van der Waals surface area contributed by atoms with E-state index in [1.165, 1.54) is 6.07 Å². The van der Waals surface area contributed by atoms with Crippen LogP contribution < -0.4 is 0 Å². The molecule has 1 rings (SSSR count). The van der Waals surface area contributed by atoms with Crippen LogP contribution in [0.15, 0.2) is 24.3 Å². The monoisotopic (exact) mass is 158 g/mol. The van der Waals surface area contributed by atoms with Gasteiger partial charge >= 0.3 is 5.97 Å². The summed E-state index contributed by atoms with van der Waals surface area (Å²) in [5.74, 6) is -0.995. The van der Waals surface area contributed by atoms with Gasteiger partial charge in [0.2, 0.25) is 0 Å². The smallest absolute Gasteiger partial charge is 0.337 e. The van der Waals surface area contributed by atoms with Crippen LogP contribution in [0.1, 0.15) is 10.4 Å². The fourth-order valence-corrected chi connectivity index (χ4v) is 0.851. The van der Waals surface area contributed by atoms with Crippen LogP contribution in [0.4, 0.5) is 0 Å². The van der Waals surface area contributed by atoms with E-state index in [0.717, 1.165) is 0 Å². The van der Waals surface area contributed by atoms with Gasteiger partial charge < -0.3 is 5.11 Å². The van der Waals surface area contributed by atoms with Crippen molar-refractivity contribution in [3.05, 3.63) is 34.9 Å². The van der Waals surface area contributed by atoms with Crippen molar-refractivity contribution in [2.45, 2.75) is 0 Å². The average molecular weight is 159 g/mol. The minimum absolute atomic E-state index is 0.143. The third kappa shape index (κ3) is 1.28. The van der Waals surface area contributed by atoms with Crippen molar-refractivity contribution in [3.8, 4) is 0 Å². The Bertz CT molecular complexity index is 258. The summed E-state index contributed by atoms with van der Waals surface area (Å²) in [6.45, 7) is 0. The van der Waals surface area contributed by atoms with Crippen LogP contribution in [0.2, 0.25) is 5.02 Å². The van der Waals surface area contributed by atoms with Gasteiger partial charge in [0.05, 0.1) is 10.6 Å². The Morgan fingerprint density at radius 1 is 1.40 bits per heavy atom. The highest BCUT2D eigenvalue weighted by Gasteiger charge is 2.04. The molecule has 0 amide bonds. The number of carboxylic acids is 1. The lowest BCUT2D eigenvalue weighted by molar-refractivity contribution is 0.0697. The van der Waals surface area contributed by atoms with Gasteiger partial charge in [-0.3, -0.25) is 0 Å². The molecule has 1 aromatic carbocycles. The van der Waals surface area contributed by atoms with Gasteiger partial charge in [0.25, 0.3) is 0 Å². The molecule has 0 aromatic heterocycles. The summed E-state index contributed by atoms with van der Waals surface area (Å²) in [7, 11) is 0. The first-order valence-electron chi connectivity index (χ1n) is 2.69. The molecule has 52 valence electrons. The molecule has 0 bridgehead atoms. The summed E-state index contributed by atoms with van der Waals surface area (Å²) in [5, 5.41) is 8.75. The van der Waals surface area contributed by atoms with E-state index in [2.05, 4.69) is 0 Å². The van der Waals surface area contributed by atoms with Crippen molar-refractivity contribution in [2.24, 2.45) is 0 Å². The van der Waals surface area contributed by atoms with Crippen LogP contribution in [0.5, 0.6) is 0 Å². The Morgan fingerprint density at radius 2 is 2.00 bits per heavy atom. The number of halogens is 1.